The SMILES string of the molecule is O=C(O)C(CCCc1ccccc1)CCc1ccc(-c2ccc(-c3nnn[nH]3)cc2)cc1. The number of aromatic amines is 1. The van der Waals surface area contributed by atoms with Gasteiger partial charge < -0.3 is 5.11 Å². The Kier molecular flexibility index (Phi) is 7.02. The van der Waals surface area contributed by atoms with E-state index in [0.29, 0.717) is 18.7 Å². The molecule has 2 N–H and O–H groups in total. The van der Waals surface area contributed by atoms with Crippen molar-refractivity contribution < 1.29 is 9.90 Å². The van der Waals surface area contributed by atoms with Crippen molar-refractivity contribution in [2.24, 2.45) is 5.92 Å². The monoisotopic (exact) mass is 426 g/mol. The quantitative estimate of drug-likeness (QED) is 0.364. The van der Waals surface area contributed by atoms with Crippen LogP contribution in [-0.2, 0) is 17.6 Å². The largest absolute Gasteiger partial charge is 0.481 e. The highest BCUT2D eigenvalue weighted by atomic mass is 16.4. The summed E-state index contributed by atoms with van der Waals surface area (Å²) in [5.74, 6) is -0.364. The molecule has 6 heteroatoms. The minimum atomic E-state index is -0.697. The van der Waals surface area contributed by atoms with Crippen molar-refractivity contribution in [3.63, 3.8) is 0 Å². The standard InChI is InChI=1S/C26H26N4O2/c31-26(32)24(8-4-7-19-5-2-1-3-6-19)14-11-20-9-12-21(13-10-20)22-15-17-23(18-16-22)25-27-29-30-28-25/h1-3,5-6,9-10,12-13,15-18,24H,4,7-8,11,14H2,(H,31,32)(H,27,28,29,30). The molecule has 4 rings (SSSR count). The van der Waals surface area contributed by atoms with Crippen molar-refractivity contribution in [1.82, 2.24) is 20.6 Å². The van der Waals surface area contributed by atoms with Gasteiger partial charge in [-0.3, -0.25) is 4.79 Å². The molecule has 0 amide bonds. The minimum absolute atomic E-state index is 0.309. The third-order valence-corrected chi connectivity index (χ3v) is 5.78. The highest BCUT2D eigenvalue weighted by molar-refractivity contribution is 5.70. The molecule has 0 aliphatic rings. The highest BCUT2D eigenvalue weighted by Gasteiger charge is 2.17. The summed E-state index contributed by atoms with van der Waals surface area (Å²) < 4.78 is 0. The lowest BCUT2D eigenvalue weighted by atomic mass is 9.93. The Morgan fingerprint density at radius 1 is 0.781 bits per heavy atom. The number of rotatable bonds is 10. The molecule has 6 nitrogen and oxygen atoms in total. The van der Waals surface area contributed by atoms with Crippen molar-refractivity contribution in [2.75, 3.05) is 0 Å². The predicted molar refractivity (Wildman–Crippen MR) is 124 cm³/mol. The third kappa shape index (κ3) is 5.66. The van der Waals surface area contributed by atoms with E-state index < -0.39 is 5.97 Å². The molecule has 1 unspecified atom stereocenters. The average molecular weight is 427 g/mol. The number of aromatic nitrogens is 4. The molecule has 0 aliphatic heterocycles. The fourth-order valence-electron chi connectivity index (χ4n) is 3.90. The van der Waals surface area contributed by atoms with Crippen LogP contribution in [0, 0.1) is 5.92 Å². The Labute approximate surface area is 187 Å². The van der Waals surface area contributed by atoms with Crippen LogP contribution < -0.4 is 0 Å². The van der Waals surface area contributed by atoms with Gasteiger partial charge in [0.2, 0.25) is 0 Å². The molecule has 1 heterocycles. The van der Waals surface area contributed by atoms with E-state index in [9.17, 15) is 9.90 Å². The van der Waals surface area contributed by atoms with E-state index in [2.05, 4.69) is 57.0 Å². The van der Waals surface area contributed by atoms with E-state index >= 15 is 0 Å². The lowest BCUT2D eigenvalue weighted by Gasteiger charge is -2.13. The summed E-state index contributed by atoms with van der Waals surface area (Å²) >= 11 is 0. The number of carbonyl (C=O) groups is 1. The molecule has 0 radical (unpaired) electrons. The molecule has 1 aromatic heterocycles. The summed E-state index contributed by atoms with van der Waals surface area (Å²) in [4.78, 5) is 11.7. The number of aryl methyl sites for hydroxylation is 2. The Morgan fingerprint density at radius 2 is 1.41 bits per heavy atom. The fraction of sp³-hybridized carbons (Fsp3) is 0.231. The van der Waals surface area contributed by atoms with Crippen LogP contribution in [0.15, 0.2) is 78.9 Å². The minimum Gasteiger partial charge on any atom is -0.481 e. The molecule has 0 spiro atoms. The average Bonchev–Trinajstić information content (AvgIpc) is 3.37. The molecule has 1 atom stereocenters. The van der Waals surface area contributed by atoms with Crippen molar-refractivity contribution in [2.45, 2.75) is 32.1 Å². The number of H-pyrrole nitrogens is 1. The Hall–Kier alpha value is -3.80. The number of hydrogen-bond donors (Lipinski definition) is 2. The number of nitrogens with one attached hydrogen (secondary N) is 1. The zero-order chi connectivity index (χ0) is 22.2. The number of nitrogens with zero attached hydrogens (tertiary/aromatic N) is 3. The van der Waals surface area contributed by atoms with Crippen molar-refractivity contribution in [3.05, 3.63) is 90.0 Å². The first-order chi connectivity index (χ1) is 15.7. The van der Waals surface area contributed by atoms with Crippen molar-refractivity contribution >= 4 is 5.97 Å². The maximum Gasteiger partial charge on any atom is 0.306 e. The second kappa shape index (κ2) is 10.5. The number of tetrazole rings is 1. The Bertz CT molecular complexity index is 1110. The van der Waals surface area contributed by atoms with Gasteiger partial charge in [0.1, 0.15) is 0 Å². The van der Waals surface area contributed by atoms with Crippen molar-refractivity contribution in [1.29, 1.82) is 0 Å². The van der Waals surface area contributed by atoms with E-state index in [0.717, 1.165) is 41.5 Å². The van der Waals surface area contributed by atoms with Gasteiger partial charge in [-0.1, -0.05) is 78.9 Å². The van der Waals surface area contributed by atoms with Gasteiger partial charge >= 0.3 is 5.97 Å². The van der Waals surface area contributed by atoms with E-state index in [1.54, 1.807) is 0 Å². The summed E-state index contributed by atoms with van der Waals surface area (Å²) in [6.45, 7) is 0. The van der Waals surface area contributed by atoms with Gasteiger partial charge in [0.05, 0.1) is 5.92 Å². The van der Waals surface area contributed by atoms with Crippen molar-refractivity contribution in [3.8, 4) is 22.5 Å². The summed E-state index contributed by atoms with van der Waals surface area (Å²) in [7, 11) is 0. The van der Waals surface area contributed by atoms with Crippen LogP contribution in [0.5, 0.6) is 0 Å². The van der Waals surface area contributed by atoms with Gasteiger partial charge in [0.25, 0.3) is 0 Å². The first-order valence-corrected chi connectivity index (χ1v) is 10.9. The molecule has 0 aliphatic carbocycles. The maximum absolute atomic E-state index is 11.7. The topological polar surface area (TPSA) is 91.8 Å². The van der Waals surface area contributed by atoms with Crippen LogP contribution in [0.1, 0.15) is 30.4 Å². The summed E-state index contributed by atoms with van der Waals surface area (Å²) in [5.41, 5.74) is 5.58. The highest BCUT2D eigenvalue weighted by Crippen LogP contribution is 2.24. The fourth-order valence-corrected chi connectivity index (χ4v) is 3.90. The molecule has 3 aromatic carbocycles. The normalized spacial score (nSPS) is 11.9. The van der Waals surface area contributed by atoms with Gasteiger partial charge in [0.15, 0.2) is 5.82 Å². The van der Waals surface area contributed by atoms with E-state index in [1.165, 1.54) is 5.56 Å². The number of carboxylic acid groups (broad SMARTS) is 1. The molecule has 32 heavy (non-hydrogen) atoms. The zero-order valence-corrected chi connectivity index (χ0v) is 17.8. The second-order valence-corrected chi connectivity index (χ2v) is 7.98. The van der Waals surface area contributed by atoms with Gasteiger partial charge in [-0.25, -0.2) is 5.10 Å². The molecule has 162 valence electrons. The summed E-state index contributed by atoms with van der Waals surface area (Å²) in [6.07, 6.45) is 3.93. The molecule has 0 fully saturated rings. The molecule has 0 saturated carbocycles. The van der Waals surface area contributed by atoms with Gasteiger partial charge in [-0.15, -0.1) is 5.10 Å². The van der Waals surface area contributed by atoms with Crippen LogP contribution >= 0.6 is 0 Å². The molecule has 4 aromatic rings. The number of benzene rings is 3. The van der Waals surface area contributed by atoms with E-state index in [1.807, 2.05) is 42.5 Å². The van der Waals surface area contributed by atoms with Gasteiger partial charge in [-0.05, 0) is 64.8 Å². The second-order valence-electron chi connectivity index (χ2n) is 7.98. The Balaban J connectivity index is 1.30. The summed E-state index contributed by atoms with van der Waals surface area (Å²) in [5, 5.41) is 23.5. The van der Waals surface area contributed by atoms with Crippen LogP contribution in [0.25, 0.3) is 22.5 Å². The zero-order valence-electron chi connectivity index (χ0n) is 17.8. The first kappa shape index (κ1) is 21.4. The van der Waals surface area contributed by atoms with E-state index in [4.69, 9.17) is 0 Å². The number of aliphatic carboxylic acids is 1. The number of carboxylic acids is 1. The van der Waals surface area contributed by atoms with Crippen LogP contribution in [0.4, 0.5) is 0 Å². The molecular formula is C26H26N4O2. The first-order valence-electron chi connectivity index (χ1n) is 10.9. The predicted octanol–water partition coefficient (Wildman–Crippen LogP) is 5.19. The third-order valence-electron chi connectivity index (χ3n) is 5.78. The van der Waals surface area contributed by atoms with Crippen LogP contribution in [0.2, 0.25) is 0 Å². The van der Waals surface area contributed by atoms with Gasteiger partial charge in [0, 0.05) is 5.56 Å². The van der Waals surface area contributed by atoms with Crippen LogP contribution in [-0.4, -0.2) is 31.7 Å². The van der Waals surface area contributed by atoms with Crippen LogP contribution in [0.3, 0.4) is 0 Å². The number of hydrogen-bond acceptors (Lipinski definition) is 4. The summed E-state index contributed by atoms with van der Waals surface area (Å²) in [6, 6.07) is 26.6. The molecular weight excluding hydrogens is 400 g/mol. The Morgan fingerprint density at radius 3 is 2.03 bits per heavy atom. The lowest BCUT2D eigenvalue weighted by Crippen LogP contribution is -2.15. The lowest BCUT2D eigenvalue weighted by molar-refractivity contribution is -0.142. The van der Waals surface area contributed by atoms with E-state index in [-0.39, 0.29) is 5.92 Å². The maximum atomic E-state index is 11.7. The molecule has 0 bridgehead atoms. The molecule has 0 saturated heterocycles. The smallest absolute Gasteiger partial charge is 0.306 e. The van der Waals surface area contributed by atoms with Gasteiger partial charge in [-0.2, -0.15) is 0 Å².